The molecule has 0 aromatic rings. The molecule has 2 heterocycles. The first-order valence-electron chi connectivity index (χ1n) is 9.98. The summed E-state index contributed by atoms with van der Waals surface area (Å²) >= 11 is 0. The van der Waals surface area contributed by atoms with Crippen molar-refractivity contribution in [3.63, 3.8) is 0 Å². The van der Waals surface area contributed by atoms with E-state index in [1.54, 1.807) is 0 Å². The van der Waals surface area contributed by atoms with E-state index in [-0.39, 0.29) is 11.2 Å². The Morgan fingerprint density at radius 1 is 0.348 bits per heavy atom. The number of hydrogen-bond acceptors (Lipinski definition) is 4. The summed E-state index contributed by atoms with van der Waals surface area (Å²) in [4.78, 5) is 24.1. The Morgan fingerprint density at radius 3 is 1.17 bits per heavy atom. The summed E-state index contributed by atoms with van der Waals surface area (Å²) in [5, 5.41) is 0. The molecule has 132 valence electrons. The van der Waals surface area contributed by atoms with Crippen LogP contribution in [0.15, 0.2) is 0 Å². The van der Waals surface area contributed by atoms with Gasteiger partial charge < -0.3 is 0 Å². The molecule has 4 rings (SSSR count). The molecule has 0 aromatic carbocycles. The largest absolute Gasteiger partial charge is 0.234 e. The Kier molecular flexibility index (Phi) is 4.70. The molecule has 0 amide bonds. The van der Waals surface area contributed by atoms with E-state index in [2.05, 4.69) is 0 Å². The Bertz CT molecular complexity index is 358. The fraction of sp³-hybridized carbons (Fsp3) is 1.00. The van der Waals surface area contributed by atoms with Gasteiger partial charge in [-0.3, -0.25) is 0 Å². The molecular formula is C19H32O4. The van der Waals surface area contributed by atoms with E-state index < -0.39 is 5.79 Å². The molecule has 0 atom stereocenters. The quantitative estimate of drug-likeness (QED) is 0.563. The van der Waals surface area contributed by atoms with Gasteiger partial charge in [-0.2, -0.15) is 9.78 Å². The molecule has 2 saturated carbocycles. The van der Waals surface area contributed by atoms with E-state index in [0.29, 0.717) is 0 Å². The number of rotatable bonds is 0. The standard InChI is InChI=1S/C19H32O4/c1-3-9-17(10-4-1)13-7-15-19(22-20-17)16-8-14-18(21-23-19)11-5-2-6-12-18/h1-16H2. The Balaban J connectivity index is 1.42. The van der Waals surface area contributed by atoms with Crippen LogP contribution in [0.25, 0.3) is 0 Å². The van der Waals surface area contributed by atoms with Gasteiger partial charge in [0.25, 0.3) is 0 Å². The van der Waals surface area contributed by atoms with E-state index in [1.807, 2.05) is 0 Å². The first-order chi connectivity index (χ1) is 11.2. The third-order valence-electron chi connectivity index (χ3n) is 6.65. The summed E-state index contributed by atoms with van der Waals surface area (Å²) in [7, 11) is 0. The monoisotopic (exact) mass is 324 g/mol. The summed E-state index contributed by atoms with van der Waals surface area (Å²) in [6, 6.07) is 0. The predicted molar refractivity (Wildman–Crippen MR) is 86.4 cm³/mol. The third-order valence-corrected chi connectivity index (χ3v) is 6.65. The van der Waals surface area contributed by atoms with Gasteiger partial charge in [0.2, 0.25) is 5.79 Å². The molecule has 0 aromatic heterocycles. The van der Waals surface area contributed by atoms with Gasteiger partial charge in [-0.05, 0) is 51.4 Å². The molecule has 2 aliphatic heterocycles. The molecule has 4 heteroatoms. The fourth-order valence-corrected chi connectivity index (χ4v) is 5.14. The van der Waals surface area contributed by atoms with E-state index in [0.717, 1.165) is 64.2 Å². The zero-order chi connectivity index (χ0) is 15.6. The third kappa shape index (κ3) is 3.46. The minimum atomic E-state index is -0.665. The van der Waals surface area contributed by atoms with Crippen molar-refractivity contribution in [2.24, 2.45) is 0 Å². The molecule has 0 unspecified atom stereocenters. The molecule has 4 aliphatic rings. The van der Waals surface area contributed by atoms with Gasteiger partial charge in [-0.25, -0.2) is 9.78 Å². The van der Waals surface area contributed by atoms with Crippen LogP contribution in [0.3, 0.4) is 0 Å². The molecular weight excluding hydrogens is 292 g/mol. The first-order valence-corrected chi connectivity index (χ1v) is 9.98. The second kappa shape index (κ2) is 6.62. The Hall–Kier alpha value is -0.160. The van der Waals surface area contributed by atoms with Crippen molar-refractivity contribution in [2.45, 2.75) is 120 Å². The summed E-state index contributed by atoms with van der Waals surface area (Å²) in [5.41, 5.74) is -0.111. The van der Waals surface area contributed by atoms with Crippen LogP contribution >= 0.6 is 0 Å². The number of hydrogen-bond donors (Lipinski definition) is 0. The highest BCUT2D eigenvalue weighted by molar-refractivity contribution is 4.89. The molecule has 0 N–H and O–H groups in total. The SMILES string of the molecule is C1CCC2(CC1)CCCC1(CCCC3(CCCCC3)OO1)OO2. The maximum Gasteiger partial charge on any atom is 0.234 e. The fourth-order valence-electron chi connectivity index (χ4n) is 5.14. The van der Waals surface area contributed by atoms with Crippen molar-refractivity contribution in [3.05, 3.63) is 0 Å². The molecule has 2 saturated heterocycles. The van der Waals surface area contributed by atoms with Gasteiger partial charge in [0.05, 0.1) is 0 Å². The van der Waals surface area contributed by atoms with Crippen LogP contribution in [0.4, 0.5) is 0 Å². The lowest BCUT2D eigenvalue weighted by Crippen LogP contribution is -2.41. The normalized spacial score (nSPS) is 33.4. The minimum absolute atomic E-state index is 0.0556. The van der Waals surface area contributed by atoms with Crippen molar-refractivity contribution < 1.29 is 19.6 Å². The first kappa shape index (κ1) is 16.3. The van der Waals surface area contributed by atoms with Crippen LogP contribution in [-0.4, -0.2) is 17.0 Å². The van der Waals surface area contributed by atoms with E-state index in [1.165, 1.54) is 38.5 Å². The Labute approximate surface area is 140 Å². The summed E-state index contributed by atoms with van der Waals surface area (Å²) in [6.07, 6.45) is 18.4. The predicted octanol–water partition coefficient (Wildman–Crippen LogP) is 5.35. The zero-order valence-electron chi connectivity index (χ0n) is 14.4. The summed E-state index contributed by atoms with van der Waals surface area (Å²) < 4.78 is 0. The summed E-state index contributed by atoms with van der Waals surface area (Å²) in [5.74, 6) is -0.665. The van der Waals surface area contributed by atoms with Crippen molar-refractivity contribution in [1.29, 1.82) is 0 Å². The molecule has 0 radical (unpaired) electrons. The minimum Gasteiger partial charge on any atom is -0.227 e. The lowest BCUT2D eigenvalue weighted by molar-refractivity contribution is -0.541. The smallest absolute Gasteiger partial charge is 0.227 e. The molecule has 4 fully saturated rings. The highest BCUT2D eigenvalue weighted by Crippen LogP contribution is 2.46. The topological polar surface area (TPSA) is 36.9 Å². The van der Waals surface area contributed by atoms with Gasteiger partial charge in [0.1, 0.15) is 11.2 Å². The van der Waals surface area contributed by atoms with Gasteiger partial charge >= 0.3 is 0 Å². The van der Waals surface area contributed by atoms with E-state index >= 15 is 0 Å². The molecule has 0 bridgehead atoms. The maximum absolute atomic E-state index is 6.05. The van der Waals surface area contributed by atoms with Gasteiger partial charge in [-0.1, -0.05) is 38.5 Å². The van der Waals surface area contributed by atoms with Gasteiger partial charge in [0.15, 0.2) is 0 Å². The van der Waals surface area contributed by atoms with Crippen molar-refractivity contribution in [2.75, 3.05) is 0 Å². The zero-order valence-corrected chi connectivity index (χ0v) is 14.4. The van der Waals surface area contributed by atoms with Crippen LogP contribution in [0.5, 0.6) is 0 Å². The van der Waals surface area contributed by atoms with E-state index in [4.69, 9.17) is 19.6 Å². The lowest BCUT2D eigenvalue weighted by Gasteiger charge is -2.37. The van der Waals surface area contributed by atoms with E-state index in [9.17, 15) is 0 Å². The maximum atomic E-state index is 6.05. The van der Waals surface area contributed by atoms with Crippen LogP contribution in [0.1, 0.15) is 103 Å². The average molecular weight is 324 g/mol. The molecule has 4 nitrogen and oxygen atoms in total. The molecule has 3 spiro atoms. The van der Waals surface area contributed by atoms with Crippen LogP contribution in [0.2, 0.25) is 0 Å². The van der Waals surface area contributed by atoms with Crippen molar-refractivity contribution in [3.8, 4) is 0 Å². The van der Waals surface area contributed by atoms with Crippen LogP contribution in [0, 0.1) is 0 Å². The second-order valence-corrected chi connectivity index (χ2v) is 8.44. The highest BCUT2D eigenvalue weighted by Gasteiger charge is 2.48. The summed E-state index contributed by atoms with van der Waals surface area (Å²) in [6.45, 7) is 0. The van der Waals surface area contributed by atoms with Gasteiger partial charge in [-0.15, -0.1) is 0 Å². The highest BCUT2D eigenvalue weighted by atomic mass is 17.3. The van der Waals surface area contributed by atoms with Crippen LogP contribution in [-0.2, 0) is 19.6 Å². The van der Waals surface area contributed by atoms with Gasteiger partial charge in [0, 0.05) is 12.8 Å². The van der Waals surface area contributed by atoms with Crippen molar-refractivity contribution >= 4 is 0 Å². The van der Waals surface area contributed by atoms with Crippen molar-refractivity contribution in [1.82, 2.24) is 0 Å². The van der Waals surface area contributed by atoms with Crippen LogP contribution < -0.4 is 0 Å². The Morgan fingerprint density at radius 2 is 0.739 bits per heavy atom. The average Bonchev–Trinajstić information content (AvgIpc) is 2.86. The molecule has 2 aliphatic carbocycles. The molecule has 23 heavy (non-hydrogen) atoms. The lowest BCUT2D eigenvalue weighted by atomic mass is 9.80. The second-order valence-electron chi connectivity index (χ2n) is 8.44.